The molecule has 3 nitrogen and oxygen atoms in total. The molecule has 2 rings (SSSR count). The van der Waals surface area contributed by atoms with Gasteiger partial charge in [-0.15, -0.1) is 0 Å². The molecule has 1 aliphatic heterocycles. The summed E-state index contributed by atoms with van der Waals surface area (Å²) < 4.78 is 5.53. The first-order chi connectivity index (χ1) is 7.79. The number of nitrogens with one attached hydrogen (secondary N) is 1. The van der Waals surface area contributed by atoms with Gasteiger partial charge in [0.2, 0.25) is 0 Å². The van der Waals surface area contributed by atoms with Crippen LogP contribution >= 0.6 is 0 Å². The normalized spacial score (nSPS) is 31.9. The van der Waals surface area contributed by atoms with Crippen molar-refractivity contribution in [1.29, 1.82) is 0 Å². The van der Waals surface area contributed by atoms with E-state index in [2.05, 4.69) is 17.1 Å². The van der Waals surface area contributed by atoms with Crippen molar-refractivity contribution in [3.05, 3.63) is 0 Å². The number of hydrogen-bond acceptors (Lipinski definition) is 3. The Bertz CT molecular complexity index is 206. The fourth-order valence-corrected chi connectivity index (χ4v) is 2.47. The van der Waals surface area contributed by atoms with Gasteiger partial charge in [-0.3, -0.25) is 4.90 Å². The monoisotopic (exact) mass is 226 g/mol. The van der Waals surface area contributed by atoms with Crippen LogP contribution in [0.25, 0.3) is 0 Å². The lowest BCUT2D eigenvalue weighted by atomic mass is 9.96. The number of nitrogens with zero attached hydrogens (tertiary/aromatic N) is 1. The summed E-state index contributed by atoms with van der Waals surface area (Å²) in [6.45, 7) is 8.21. The molecule has 0 bridgehead atoms. The molecular weight excluding hydrogens is 200 g/mol. The van der Waals surface area contributed by atoms with Gasteiger partial charge in [0.1, 0.15) is 0 Å². The molecule has 1 N–H and O–H groups in total. The Kier molecular flexibility index (Phi) is 4.62. The van der Waals surface area contributed by atoms with Gasteiger partial charge in [0.25, 0.3) is 0 Å². The van der Waals surface area contributed by atoms with Gasteiger partial charge in [-0.1, -0.05) is 6.92 Å². The van der Waals surface area contributed by atoms with Gasteiger partial charge in [0, 0.05) is 26.7 Å². The minimum absolute atomic E-state index is 0.442. The highest BCUT2D eigenvalue weighted by atomic mass is 16.5. The van der Waals surface area contributed by atoms with Crippen molar-refractivity contribution in [2.75, 3.05) is 39.8 Å². The second-order valence-corrected chi connectivity index (χ2v) is 5.49. The van der Waals surface area contributed by atoms with E-state index in [-0.39, 0.29) is 0 Å². The van der Waals surface area contributed by atoms with Gasteiger partial charge < -0.3 is 10.1 Å². The highest BCUT2D eigenvalue weighted by Crippen LogP contribution is 2.27. The highest BCUT2D eigenvalue weighted by molar-refractivity contribution is 4.79. The molecule has 1 saturated heterocycles. The molecule has 0 radical (unpaired) electrons. The maximum Gasteiger partial charge on any atom is 0.0724 e. The number of piperidine rings is 1. The average Bonchev–Trinajstić information content (AvgIpc) is 3.10. The Balaban J connectivity index is 1.57. The molecule has 2 atom stereocenters. The maximum atomic E-state index is 5.53. The van der Waals surface area contributed by atoms with E-state index in [1.165, 1.54) is 38.9 Å². The minimum Gasteiger partial charge on any atom is -0.380 e. The summed E-state index contributed by atoms with van der Waals surface area (Å²) in [4.78, 5) is 2.54. The minimum atomic E-state index is 0.442. The molecule has 0 amide bonds. The van der Waals surface area contributed by atoms with E-state index in [1.54, 1.807) is 0 Å². The predicted molar refractivity (Wildman–Crippen MR) is 66.6 cm³/mol. The highest BCUT2D eigenvalue weighted by Gasteiger charge is 2.25. The summed E-state index contributed by atoms with van der Waals surface area (Å²) >= 11 is 0. The second kappa shape index (κ2) is 5.99. The summed E-state index contributed by atoms with van der Waals surface area (Å²) in [5.74, 6) is 1.72. The van der Waals surface area contributed by atoms with Crippen LogP contribution in [-0.2, 0) is 4.74 Å². The van der Waals surface area contributed by atoms with E-state index < -0.39 is 0 Å². The van der Waals surface area contributed by atoms with E-state index in [9.17, 15) is 0 Å². The summed E-state index contributed by atoms with van der Waals surface area (Å²) in [5, 5.41) is 3.56. The van der Waals surface area contributed by atoms with E-state index in [0.29, 0.717) is 6.10 Å². The zero-order valence-corrected chi connectivity index (χ0v) is 10.7. The van der Waals surface area contributed by atoms with E-state index in [1.807, 2.05) is 7.11 Å². The summed E-state index contributed by atoms with van der Waals surface area (Å²) in [6, 6.07) is 0. The number of likely N-dealkylation sites (tertiary alicyclic amines) is 1. The molecule has 3 heteroatoms. The molecule has 1 heterocycles. The van der Waals surface area contributed by atoms with Gasteiger partial charge in [0.15, 0.2) is 0 Å². The third kappa shape index (κ3) is 3.72. The average molecular weight is 226 g/mol. The van der Waals surface area contributed by atoms with Crippen molar-refractivity contribution < 1.29 is 4.74 Å². The standard InChI is InChI=1S/C13H26N2O/c1-11-5-7-15(10-13(11)16-2)8-6-14-9-12-3-4-12/h11-14H,3-10H2,1-2H3. The van der Waals surface area contributed by atoms with Crippen molar-refractivity contribution in [2.24, 2.45) is 11.8 Å². The van der Waals surface area contributed by atoms with Gasteiger partial charge in [-0.2, -0.15) is 0 Å². The Morgan fingerprint density at radius 2 is 2.12 bits per heavy atom. The lowest BCUT2D eigenvalue weighted by Gasteiger charge is -2.36. The van der Waals surface area contributed by atoms with Crippen LogP contribution in [0.2, 0.25) is 0 Å². The largest absolute Gasteiger partial charge is 0.380 e. The van der Waals surface area contributed by atoms with Crippen LogP contribution in [0.15, 0.2) is 0 Å². The van der Waals surface area contributed by atoms with Crippen molar-refractivity contribution in [1.82, 2.24) is 10.2 Å². The van der Waals surface area contributed by atoms with E-state index in [0.717, 1.165) is 24.9 Å². The topological polar surface area (TPSA) is 24.5 Å². The quantitative estimate of drug-likeness (QED) is 0.692. The zero-order chi connectivity index (χ0) is 11.4. The van der Waals surface area contributed by atoms with Crippen LogP contribution in [0.5, 0.6) is 0 Å². The van der Waals surface area contributed by atoms with Gasteiger partial charge in [-0.05, 0) is 44.2 Å². The Hall–Kier alpha value is -0.120. The molecule has 2 unspecified atom stereocenters. The first-order valence-electron chi connectivity index (χ1n) is 6.75. The lowest BCUT2D eigenvalue weighted by molar-refractivity contribution is -0.00441. The van der Waals surface area contributed by atoms with Crippen LogP contribution < -0.4 is 5.32 Å². The Morgan fingerprint density at radius 3 is 2.81 bits per heavy atom. The number of hydrogen-bond donors (Lipinski definition) is 1. The number of rotatable bonds is 6. The van der Waals surface area contributed by atoms with Crippen molar-refractivity contribution in [3.8, 4) is 0 Å². The summed E-state index contributed by atoms with van der Waals surface area (Å²) in [6.07, 6.45) is 4.61. The van der Waals surface area contributed by atoms with Crippen LogP contribution in [0.3, 0.4) is 0 Å². The van der Waals surface area contributed by atoms with Gasteiger partial charge in [-0.25, -0.2) is 0 Å². The molecule has 0 aromatic rings. The molecule has 1 aliphatic carbocycles. The first-order valence-corrected chi connectivity index (χ1v) is 6.75. The third-order valence-electron chi connectivity index (χ3n) is 4.01. The van der Waals surface area contributed by atoms with Crippen LogP contribution in [0, 0.1) is 11.8 Å². The zero-order valence-electron chi connectivity index (χ0n) is 10.7. The molecule has 0 aromatic heterocycles. The first kappa shape index (κ1) is 12.3. The maximum absolute atomic E-state index is 5.53. The lowest BCUT2D eigenvalue weighted by Crippen LogP contribution is -2.46. The molecule has 1 saturated carbocycles. The molecular formula is C13H26N2O. The molecule has 2 aliphatic rings. The molecule has 2 fully saturated rings. The van der Waals surface area contributed by atoms with Gasteiger partial charge in [0.05, 0.1) is 6.10 Å². The number of ether oxygens (including phenoxy) is 1. The fraction of sp³-hybridized carbons (Fsp3) is 1.00. The van der Waals surface area contributed by atoms with E-state index in [4.69, 9.17) is 4.74 Å². The molecule has 94 valence electrons. The predicted octanol–water partition coefficient (Wildman–Crippen LogP) is 1.34. The van der Waals surface area contributed by atoms with Crippen LogP contribution in [0.4, 0.5) is 0 Å². The molecule has 0 spiro atoms. The van der Waals surface area contributed by atoms with Crippen LogP contribution in [-0.4, -0.2) is 50.8 Å². The molecule has 16 heavy (non-hydrogen) atoms. The van der Waals surface area contributed by atoms with E-state index >= 15 is 0 Å². The Morgan fingerprint density at radius 1 is 1.31 bits per heavy atom. The summed E-state index contributed by atoms with van der Waals surface area (Å²) in [5.41, 5.74) is 0. The van der Waals surface area contributed by atoms with Gasteiger partial charge >= 0.3 is 0 Å². The van der Waals surface area contributed by atoms with Crippen molar-refractivity contribution in [2.45, 2.75) is 32.3 Å². The summed E-state index contributed by atoms with van der Waals surface area (Å²) in [7, 11) is 1.84. The smallest absolute Gasteiger partial charge is 0.0724 e. The van der Waals surface area contributed by atoms with Crippen molar-refractivity contribution >= 4 is 0 Å². The van der Waals surface area contributed by atoms with Crippen LogP contribution in [0.1, 0.15) is 26.2 Å². The second-order valence-electron chi connectivity index (χ2n) is 5.49. The Labute approximate surface area is 99.5 Å². The fourth-order valence-electron chi connectivity index (χ4n) is 2.47. The third-order valence-corrected chi connectivity index (χ3v) is 4.01. The van der Waals surface area contributed by atoms with Crippen molar-refractivity contribution in [3.63, 3.8) is 0 Å². The SMILES string of the molecule is COC1CN(CCNCC2CC2)CCC1C. The number of methoxy groups -OCH3 is 1. The molecule has 0 aromatic carbocycles.